The number of aromatic nitrogens is 1. The number of thioether (sulfide) groups is 1. The van der Waals surface area contributed by atoms with Gasteiger partial charge in [-0.3, -0.25) is 0 Å². The predicted octanol–water partition coefficient (Wildman–Crippen LogP) is 2.09. The minimum absolute atomic E-state index is 0.241. The molecule has 7 heteroatoms. The van der Waals surface area contributed by atoms with Crippen LogP contribution < -0.4 is 10.6 Å². The Morgan fingerprint density at radius 1 is 1.67 bits per heavy atom. The molecular formula is C11H19N3O2S2. The fourth-order valence-electron chi connectivity index (χ4n) is 1.51. The highest BCUT2D eigenvalue weighted by Gasteiger charge is 2.24. The van der Waals surface area contributed by atoms with Crippen LogP contribution in [0.25, 0.3) is 0 Å². The molecule has 0 aliphatic carbocycles. The molecule has 102 valence electrons. The van der Waals surface area contributed by atoms with Gasteiger partial charge in [0.15, 0.2) is 5.82 Å². The molecule has 18 heavy (non-hydrogen) atoms. The van der Waals surface area contributed by atoms with Crippen molar-refractivity contribution in [2.24, 2.45) is 0 Å². The minimum atomic E-state index is -0.430. The lowest BCUT2D eigenvalue weighted by Gasteiger charge is -2.25. The number of rotatable bonds is 6. The van der Waals surface area contributed by atoms with Crippen LogP contribution in [-0.4, -0.2) is 42.6 Å². The zero-order valence-electron chi connectivity index (χ0n) is 11.1. The Morgan fingerprint density at radius 3 is 2.89 bits per heavy atom. The lowest BCUT2D eigenvalue weighted by atomic mass is 10.2. The topological polar surface area (TPSA) is 68.5 Å². The van der Waals surface area contributed by atoms with E-state index in [1.807, 2.05) is 23.7 Å². The molecule has 0 saturated carbocycles. The van der Waals surface area contributed by atoms with Gasteiger partial charge in [0.05, 0.1) is 7.11 Å². The second kappa shape index (κ2) is 6.84. The predicted molar refractivity (Wildman–Crippen MR) is 78.7 cm³/mol. The third kappa shape index (κ3) is 3.29. The zero-order chi connectivity index (χ0) is 13.7. The summed E-state index contributed by atoms with van der Waals surface area (Å²) in [7, 11) is 3.30. The number of nitrogens with two attached hydrogens (primary N) is 1. The largest absolute Gasteiger partial charge is 0.465 e. The summed E-state index contributed by atoms with van der Waals surface area (Å²) in [6, 6.07) is 0.320. The maximum atomic E-state index is 11.7. The number of methoxy groups -OCH3 is 1. The number of carbonyl (C=O) groups excluding carboxylic acids is 1. The Kier molecular flexibility index (Phi) is 5.74. The molecule has 0 bridgehead atoms. The first-order chi connectivity index (χ1) is 8.52. The van der Waals surface area contributed by atoms with Crippen LogP contribution in [-0.2, 0) is 4.74 Å². The SMILES string of the molecule is COC(=O)c1c(N)nsc1N(C)C(C)CCSC. The Morgan fingerprint density at radius 2 is 2.33 bits per heavy atom. The van der Waals surface area contributed by atoms with Crippen LogP contribution >= 0.6 is 23.3 Å². The van der Waals surface area contributed by atoms with Gasteiger partial charge in [0.1, 0.15) is 10.6 Å². The Hall–Kier alpha value is -0.950. The summed E-state index contributed by atoms with van der Waals surface area (Å²) in [6.07, 6.45) is 3.12. The smallest absolute Gasteiger partial charge is 0.344 e. The van der Waals surface area contributed by atoms with Crippen molar-refractivity contribution in [3.05, 3.63) is 5.56 Å². The summed E-state index contributed by atoms with van der Waals surface area (Å²) < 4.78 is 8.79. The van der Waals surface area contributed by atoms with E-state index in [1.165, 1.54) is 18.6 Å². The molecule has 0 fully saturated rings. The molecule has 5 nitrogen and oxygen atoms in total. The van der Waals surface area contributed by atoms with Crippen LogP contribution in [0.1, 0.15) is 23.7 Å². The Bertz CT molecular complexity index is 409. The molecular weight excluding hydrogens is 270 g/mol. The number of esters is 1. The summed E-state index contributed by atoms with van der Waals surface area (Å²) in [6.45, 7) is 2.12. The van der Waals surface area contributed by atoms with Crippen molar-refractivity contribution in [1.29, 1.82) is 0 Å². The van der Waals surface area contributed by atoms with Gasteiger partial charge in [-0.2, -0.15) is 16.1 Å². The van der Waals surface area contributed by atoms with Crippen molar-refractivity contribution < 1.29 is 9.53 Å². The molecule has 1 aromatic rings. The first-order valence-corrected chi connectivity index (χ1v) is 7.74. The average molecular weight is 289 g/mol. The third-order valence-corrected chi connectivity index (χ3v) is 4.41. The molecule has 1 rings (SSSR count). The van der Waals surface area contributed by atoms with Gasteiger partial charge in [0.2, 0.25) is 0 Å². The van der Waals surface area contributed by atoms with Crippen molar-refractivity contribution >= 4 is 40.1 Å². The van der Waals surface area contributed by atoms with Gasteiger partial charge in [-0.15, -0.1) is 0 Å². The van der Waals surface area contributed by atoms with E-state index in [9.17, 15) is 4.79 Å². The van der Waals surface area contributed by atoms with E-state index in [-0.39, 0.29) is 5.82 Å². The quantitative estimate of drug-likeness (QED) is 0.809. The van der Waals surface area contributed by atoms with E-state index in [1.54, 1.807) is 0 Å². The zero-order valence-corrected chi connectivity index (χ0v) is 12.7. The summed E-state index contributed by atoms with van der Waals surface area (Å²) in [5, 5.41) is 0.771. The number of hydrogen-bond acceptors (Lipinski definition) is 7. The second-order valence-corrected chi connectivity index (χ2v) is 5.72. The second-order valence-electron chi connectivity index (χ2n) is 3.98. The van der Waals surface area contributed by atoms with Crippen LogP contribution in [0.3, 0.4) is 0 Å². The lowest BCUT2D eigenvalue weighted by molar-refractivity contribution is 0.0603. The van der Waals surface area contributed by atoms with Gasteiger partial charge >= 0.3 is 5.97 Å². The monoisotopic (exact) mass is 289 g/mol. The van der Waals surface area contributed by atoms with E-state index >= 15 is 0 Å². The number of ether oxygens (including phenoxy) is 1. The molecule has 0 radical (unpaired) electrons. The van der Waals surface area contributed by atoms with Gasteiger partial charge in [0.25, 0.3) is 0 Å². The molecule has 1 aromatic heterocycles. The van der Waals surface area contributed by atoms with Gasteiger partial charge in [-0.1, -0.05) is 0 Å². The molecule has 1 unspecified atom stereocenters. The van der Waals surface area contributed by atoms with Gasteiger partial charge < -0.3 is 15.4 Å². The molecule has 1 atom stereocenters. The van der Waals surface area contributed by atoms with Crippen molar-refractivity contribution in [2.45, 2.75) is 19.4 Å². The van der Waals surface area contributed by atoms with Crippen molar-refractivity contribution in [1.82, 2.24) is 4.37 Å². The molecule has 0 aliphatic heterocycles. The molecule has 0 spiro atoms. The van der Waals surface area contributed by atoms with E-state index in [0.717, 1.165) is 17.2 Å². The van der Waals surface area contributed by atoms with Crippen molar-refractivity contribution in [3.8, 4) is 0 Å². The Labute approximate surface area is 116 Å². The highest BCUT2D eigenvalue weighted by Crippen LogP contribution is 2.32. The lowest BCUT2D eigenvalue weighted by Crippen LogP contribution is -2.30. The van der Waals surface area contributed by atoms with Crippen LogP contribution in [0.15, 0.2) is 0 Å². The summed E-state index contributed by atoms with van der Waals surface area (Å²) >= 11 is 3.04. The van der Waals surface area contributed by atoms with Crippen molar-refractivity contribution in [2.75, 3.05) is 36.8 Å². The van der Waals surface area contributed by atoms with Crippen LogP contribution in [0.5, 0.6) is 0 Å². The maximum absolute atomic E-state index is 11.7. The third-order valence-electron chi connectivity index (χ3n) is 2.81. The van der Waals surface area contributed by atoms with E-state index in [4.69, 9.17) is 10.5 Å². The van der Waals surface area contributed by atoms with Crippen molar-refractivity contribution in [3.63, 3.8) is 0 Å². The molecule has 0 amide bonds. The standard InChI is InChI=1S/C11H19N3O2S2/c1-7(5-6-17-4)14(2)10-8(11(15)16-3)9(12)13-18-10/h7H,5-6H2,1-4H3,(H2,12,13). The highest BCUT2D eigenvalue weighted by molar-refractivity contribution is 7.98. The number of anilines is 2. The first kappa shape index (κ1) is 15.1. The van der Waals surface area contributed by atoms with E-state index in [0.29, 0.717) is 11.6 Å². The minimum Gasteiger partial charge on any atom is -0.465 e. The van der Waals surface area contributed by atoms with Gasteiger partial charge in [-0.05, 0) is 36.9 Å². The highest BCUT2D eigenvalue weighted by atomic mass is 32.2. The summed E-state index contributed by atoms with van der Waals surface area (Å²) in [4.78, 5) is 13.7. The average Bonchev–Trinajstić information content (AvgIpc) is 2.75. The normalized spacial score (nSPS) is 12.2. The first-order valence-electron chi connectivity index (χ1n) is 5.58. The molecule has 0 aromatic carbocycles. The van der Waals surface area contributed by atoms with Crippen LogP contribution in [0.4, 0.5) is 10.8 Å². The summed E-state index contributed by atoms with van der Waals surface area (Å²) in [5.74, 6) is 0.888. The fourth-order valence-corrected chi connectivity index (χ4v) is 2.95. The summed E-state index contributed by atoms with van der Waals surface area (Å²) in [5.41, 5.74) is 6.10. The number of carbonyl (C=O) groups is 1. The molecule has 0 aliphatic rings. The van der Waals surface area contributed by atoms with E-state index < -0.39 is 5.97 Å². The van der Waals surface area contributed by atoms with Crippen LogP contribution in [0, 0.1) is 0 Å². The number of hydrogen-bond donors (Lipinski definition) is 1. The van der Waals surface area contributed by atoms with Gasteiger partial charge in [0, 0.05) is 13.1 Å². The maximum Gasteiger partial charge on any atom is 0.344 e. The molecule has 1 heterocycles. The molecule has 2 N–H and O–H groups in total. The van der Waals surface area contributed by atoms with Gasteiger partial charge in [-0.25, -0.2) is 4.79 Å². The molecule has 0 saturated heterocycles. The number of nitrogens with zero attached hydrogens (tertiary/aromatic N) is 2. The van der Waals surface area contributed by atoms with Crippen LogP contribution in [0.2, 0.25) is 0 Å². The fraction of sp³-hybridized carbons (Fsp3) is 0.636. The Balaban J connectivity index is 2.92. The number of nitrogen functional groups attached to an aromatic ring is 1. The van der Waals surface area contributed by atoms with E-state index in [2.05, 4.69) is 17.6 Å².